The molecule has 2 heterocycles. The minimum atomic E-state index is -0.435. The summed E-state index contributed by atoms with van der Waals surface area (Å²) in [6.45, 7) is 3.39. The van der Waals surface area contributed by atoms with Gasteiger partial charge in [0.25, 0.3) is 0 Å². The standard InChI is InChI=1S/C15H16ClN5O2/c1-10-11(16)5-4-6-12(10)19-14-13(21(22)23)15(18-9-17-14)20-7-2-3-8-20/h4-6,9H,2-3,7-8H2,1H3,(H,17,18,19). The second kappa shape index (κ2) is 6.37. The Bertz CT molecular complexity index is 747. The largest absolute Gasteiger partial charge is 0.353 e. The maximum absolute atomic E-state index is 11.6. The van der Waals surface area contributed by atoms with Crippen LogP contribution in [-0.4, -0.2) is 28.0 Å². The Kier molecular flexibility index (Phi) is 4.29. The lowest BCUT2D eigenvalue weighted by molar-refractivity contribution is -0.383. The highest BCUT2D eigenvalue weighted by atomic mass is 35.5. The average molecular weight is 334 g/mol. The number of benzene rings is 1. The lowest BCUT2D eigenvalue weighted by atomic mass is 10.2. The molecule has 0 bridgehead atoms. The molecule has 0 radical (unpaired) electrons. The molecule has 1 fully saturated rings. The molecule has 3 rings (SSSR count). The summed E-state index contributed by atoms with van der Waals surface area (Å²) in [5.41, 5.74) is 1.39. The smallest absolute Gasteiger partial charge is 0.351 e. The van der Waals surface area contributed by atoms with Crippen LogP contribution >= 0.6 is 11.6 Å². The Morgan fingerprint density at radius 2 is 2.04 bits per heavy atom. The van der Waals surface area contributed by atoms with E-state index in [9.17, 15) is 10.1 Å². The first kappa shape index (κ1) is 15.5. The third-order valence-electron chi connectivity index (χ3n) is 3.91. The average Bonchev–Trinajstić information content (AvgIpc) is 3.05. The molecule has 0 saturated carbocycles. The first-order chi connectivity index (χ1) is 11.1. The topological polar surface area (TPSA) is 84.2 Å². The summed E-state index contributed by atoms with van der Waals surface area (Å²) in [6.07, 6.45) is 3.37. The molecular formula is C15H16ClN5O2. The number of rotatable bonds is 4. The van der Waals surface area contributed by atoms with Crippen molar-refractivity contribution in [2.75, 3.05) is 23.3 Å². The summed E-state index contributed by atoms with van der Waals surface area (Å²) in [6, 6.07) is 5.36. The quantitative estimate of drug-likeness (QED) is 0.678. The maximum atomic E-state index is 11.6. The molecule has 1 aromatic carbocycles. The number of aromatic nitrogens is 2. The fraction of sp³-hybridized carbons (Fsp3) is 0.333. The fourth-order valence-electron chi connectivity index (χ4n) is 2.66. The van der Waals surface area contributed by atoms with Gasteiger partial charge in [-0.15, -0.1) is 0 Å². The van der Waals surface area contributed by atoms with Gasteiger partial charge in [0.1, 0.15) is 6.33 Å². The molecule has 1 aromatic heterocycles. The molecule has 1 saturated heterocycles. The van der Waals surface area contributed by atoms with Crippen molar-refractivity contribution in [2.24, 2.45) is 0 Å². The zero-order chi connectivity index (χ0) is 16.4. The highest BCUT2D eigenvalue weighted by Crippen LogP contribution is 2.36. The molecular weight excluding hydrogens is 318 g/mol. The molecule has 1 aliphatic heterocycles. The molecule has 23 heavy (non-hydrogen) atoms. The van der Waals surface area contributed by atoms with Crippen molar-refractivity contribution in [3.05, 3.63) is 45.2 Å². The molecule has 7 nitrogen and oxygen atoms in total. The molecule has 120 valence electrons. The predicted molar refractivity (Wildman–Crippen MR) is 89.6 cm³/mol. The Morgan fingerprint density at radius 3 is 2.74 bits per heavy atom. The number of halogens is 1. The van der Waals surface area contributed by atoms with E-state index < -0.39 is 4.92 Å². The molecule has 1 aliphatic rings. The molecule has 0 amide bonds. The van der Waals surface area contributed by atoms with Crippen LogP contribution in [0.25, 0.3) is 0 Å². The van der Waals surface area contributed by atoms with Crippen LogP contribution in [-0.2, 0) is 0 Å². The van der Waals surface area contributed by atoms with Crippen LogP contribution in [0.2, 0.25) is 5.02 Å². The van der Waals surface area contributed by atoms with Crippen molar-refractivity contribution >= 4 is 34.6 Å². The van der Waals surface area contributed by atoms with Gasteiger partial charge in [-0.1, -0.05) is 17.7 Å². The number of hydrogen-bond donors (Lipinski definition) is 1. The number of nitro groups is 1. The van der Waals surface area contributed by atoms with Gasteiger partial charge in [-0.05, 0) is 37.5 Å². The second-order valence-electron chi connectivity index (χ2n) is 5.38. The number of hydrogen-bond acceptors (Lipinski definition) is 6. The summed E-state index contributed by atoms with van der Waals surface area (Å²) in [5.74, 6) is 0.543. The highest BCUT2D eigenvalue weighted by molar-refractivity contribution is 6.31. The van der Waals surface area contributed by atoms with Gasteiger partial charge >= 0.3 is 5.69 Å². The minimum Gasteiger partial charge on any atom is -0.351 e. The number of nitrogens with one attached hydrogen (secondary N) is 1. The van der Waals surface area contributed by atoms with Gasteiger partial charge in [0.2, 0.25) is 11.6 Å². The monoisotopic (exact) mass is 333 g/mol. The highest BCUT2D eigenvalue weighted by Gasteiger charge is 2.28. The van der Waals surface area contributed by atoms with Crippen molar-refractivity contribution in [3.8, 4) is 0 Å². The molecule has 1 N–H and O–H groups in total. The fourth-order valence-corrected chi connectivity index (χ4v) is 2.83. The van der Waals surface area contributed by atoms with Crippen LogP contribution in [0.3, 0.4) is 0 Å². The normalized spacial score (nSPS) is 14.1. The van der Waals surface area contributed by atoms with Crippen molar-refractivity contribution in [1.29, 1.82) is 0 Å². The summed E-state index contributed by atoms with van der Waals surface area (Å²) in [4.78, 5) is 21.3. The number of anilines is 3. The van der Waals surface area contributed by atoms with Gasteiger partial charge in [-0.25, -0.2) is 9.97 Å². The first-order valence-corrected chi connectivity index (χ1v) is 7.72. The summed E-state index contributed by atoms with van der Waals surface area (Å²) >= 11 is 6.10. The van der Waals surface area contributed by atoms with Crippen LogP contribution in [0, 0.1) is 17.0 Å². The van der Waals surface area contributed by atoms with Gasteiger partial charge in [0.15, 0.2) is 0 Å². The van der Waals surface area contributed by atoms with Crippen LogP contribution in [0.4, 0.5) is 23.0 Å². The molecule has 8 heteroatoms. The molecule has 0 unspecified atom stereocenters. The van der Waals surface area contributed by atoms with E-state index in [-0.39, 0.29) is 11.5 Å². The van der Waals surface area contributed by atoms with E-state index in [4.69, 9.17) is 11.6 Å². The minimum absolute atomic E-state index is 0.103. The zero-order valence-electron chi connectivity index (χ0n) is 12.6. The summed E-state index contributed by atoms with van der Waals surface area (Å²) < 4.78 is 0. The number of nitrogens with zero attached hydrogens (tertiary/aromatic N) is 4. The summed E-state index contributed by atoms with van der Waals surface area (Å²) in [7, 11) is 0. The van der Waals surface area contributed by atoms with Gasteiger partial charge in [-0.2, -0.15) is 0 Å². The molecule has 2 aromatic rings. The summed E-state index contributed by atoms with van der Waals surface area (Å²) in [5, 5.41) is 15.2. The first-order valence-electron chi connectivity index (χ1n) is 7.34. The Labute approximate surface area is 138 Å². The SMILES string of the molecule is Cc1c(Cl)cccc1Nc1ncnc(N2CCCC2)c1[N+](=O)[O-]. The Balaban J connectivity index is 2.03. The third kappa shape index (κ3) is 3.05. The van der Waals surface area contributed by atoms with Gasteiger partial charge in [-0.3, -0.25) is 10.1 Å². The third-order valence-corrected chi connectivity index (χ3v) is 4.32. The molecule has 0 spiro atoms. The molecule has 0 aliphatic carbocycles. The van der Waals surface area contributed by atoms with E-state index in [0.717, 1.165) is 31.5 Å². The lowest BCUT2D eigenvalue weighted by Crippen LogP contribution is -2.21. The second-order valence-corrected chi connectivity index (χ2v) is 5.79. The van der Waals surface area contributed by atoms with E-state index in [2.05, 4.69) is 15.3 Å². The van der Waals surface area contributed by atoms with Crippen molar-refractivity contribution in [2.45, 2.75) is 19.8 Å². The molecule has 0 atom stereocenters. The van der Waals surface area contributed by atoms with E-state index >= 15 is 0 Å². The van der Waals surface area contributed by atoms with E-state index in [1.807, 2.05) is 17.9 Å². The van der Waals surface area contributed by atoms with E-state index in [1.54, 1.807) is 12.1 Å². The van der Waals surface area contributed by atoms with Gasteiger partial charge in [0.05, 0.1) is 4.92 Å². The van der Waals surface area contributed by atoms with Gasteiger partial charge in [0, 0.05) is 23.8 Å². The maximum Gasteiger partial charge on any atom is 0.353 e. The van der Waals surface area contributed by atoms with Crippen molar-refractivity contribution < 1.29 is 4.92 Å². The van der Waals surface area contributed by atoms with E-state index in [1.165, 1.54) is 6.33 Å². The predicted octanol–water partition coefficient (Wildman–Crippen LogP) is 3.69. The van der Waals surface area contributed by atoms with Crippen LogP contribution in [0.5, 0.6) is 0 Å². The van der Waals surface area contributed by atoms with E-state index in [0.29, 0.717) is 16.5 Å². The van der Waals surface area contributed by atoms with Crippen LogP contribution in [0.15, 0.2) is 24.5 Å². The Hall–Kier alpha value is -2.41. The Morgan fingerprint density at radius 1 is 1.30 bits per heavy atom. The van der Waals surface area contributed by atoms with Crippen molar-refractivity contribution in [3.63, 3.8) is 0 Å². The van der Waals surface area contributed by atoms with Gasteiger partial charge < -0.3 is 10.2 Å². The zero-order valence-corrected chi connectivity index (χ0v) is 13.4. The van der Waals surface area contributed by atoms with Crippen LogP contribution < -0.4 is 10.2 Å². The van der Waals surface area contributed by atoms with Crippen molar-refractivity contribution in [1.82, 2.24) is 9.97 Å². The lowest BCUT2D eigenvalue weighted by Gasteiger charge is -2.17. The van der Waals surface area contributed by atoms with Crippen LogP contribution in [0.1, 0.15) is 18.4 Å².